The maximum Gasteiger partial charge on any atom is 0.337 e. The lowest BCUT2D eigenvalue weighted by molar-refractivity contribution is -0.113. The van der Waals surface area contributed by atoms with Gasteiger partial charge in [-0.15, -0.1) is 0 Å². The van der Waals surface area contributed by atoms with Gasteiger partial charge in [0.05, 0.1) is 11.3 Å². The summed E-state index contributed by atoms with van der Waals surface area (Å²) in [4.78, 5) is 31.4. The Balaban J connectivity index is 1.88. The number of carbonyl (C=O) groups is 2. The van der Waals surface area contributed by atoms with Crippen molar-refractivity contribution < 1.29 is 14.7 Å². The van der Waals surface area contributed by atoms with Gasteiger partial charge in [0.1, 0.15) is 5.71 Å². The van der Waals surface area contributed by atoms with E-state index in [0.717, 1.165) is 5.56 Å². The summed E-state index contributed by atoms with van der Waals surface area (Å²) in [5.74, 6) is -1.29. The van der Waals surface area contributed by atoms with Crippen molar-refractivity contribution in [2.24, 2.45) is 9.98 Å². The summed E-state index contributed by atoms with van der Waals surface area (Å²) in [7, 11) is 0. The Morgan fingerprint density at radius 3 is 2.52 bits per heavy atom. The topological polar surface area (TPSA) is 91.1 Å². The van der Waals surface area contributed by atoms with Crippen LogP contribution < -0.4 is 5.32 Å². The third kappa shape index (κ3) is 3.32. The first-order valence-corrected chi connectivity index (χ1v) is 6.97. The van der Waals surface area contributed by atoms with Crippen molar-refractivity contribution in [3.63, 3.8) is 0 Å². The molecule has 1 aliphatic rings. The largest absolute Gasteiger partial charge is 0.478 e. The highest BCUT2D eigenvalue weighted by molar-refractivity contribution is 6.47. The zero-order valence-corrected chi connectivity index (χ0v) is 12.1. The fourth-order valence-corrected chi connectivity index (χ4v) is 2.21. The molecule has 114 valence electrons. The fourth-order valence-electron chi connectivity index (χ4n) is 2.21. The Labute approximate surface area is 132 Å². The van der Waals surface area contributed by atoms with Crippen LogP contribution >= 0.6 is 0 Å². The number of carbonyl (C=O) groups excluding carboxylic acids is 1. The summed E-state index contributed by atoms with van der Waals surface area (Å²) in [5, 5.41) is 11.7. The Morgan fingerprint density at radius 1 is 1.09 bits per heavy atom. The lowest BCUT2D eigenvalue weighted by Crippen LogP contribution is -2.27. The standard InChI is InChI=1S/C17H13N3O3/c21-15-14(10-11-6-2-1-3-7-11)19-17(20-15)18-13-9-5-4-8-12(13)16(22)23/h1-9H,10H2,(H,22,23)(H,18,20,21). The van der Waals surface area contributed by atoms with Crippen LogP contribution in [0.3, 0.4) is 0 Å². The Morgan fingerprint density at radius 2 is 1.78 bits per heavy atom. The second-order valence-corrected chi connectivity index (χ2v) is 4.93. The van der Waals surface area contributed by atoms with Crippen molar-refractivity contribution in [1.29, 1.82) is 0 Å². The van der Waals surface area contributed by atoms with Gasteiger partial charge in [0.25, 0.3) is 5.91 Å². The number of para-hydroxylation sites is 1. The highest BCUT2D eigenvalue weighted by Crippen LogP contribution is 2.19. The third-order valence-corrected chi connectivity index (χ3v) is 3.30. The van der Waals surface area contributed by atoms with Gasteiger partial charge in [0.2, 0.25) is 5.96 Å². The Hall–Kier alpha value is -3.28. The molecule has 0 fully saturated rings. The van der Waals surface area contributed by atoms with Gasteiger partial charge in [-0.2, -0.15) is 0 Å². The van der Waals surface area contributed by atoms with Gasteiger partial charge in [-0.1, -0.05) is 42.5 Å². The van der Waals surface area contributed by atoms with Gasteiger partial charge in [0, 0.05) is 6.42 Å². The monoisotopic (exact) mass is 307 g/mol. The summed E-state index contributed by atoms with van der Waals surface area (Å²) in [6.07, 6.45) is 0.395. The van der Waals surface area contributed by atoms with Crippen molar-refractivity contribution in [3.8, 4) is 0 Å². The maximum atomic E-state index is 12.0. The van der Waals surface area contributed by atoms with Gasteiger partial charge in [-0.3, -0.25) is 10.1 Å². The molecule has 0 radical (unpaired) electrons. The summed E-state index contributed by atoms with van der Waals surface area (Å²) in [6.45, 7) is 0. The SMILES string of the molecule is O=C1NC(=Nc2ccccc2C(=O)O)N=C1Cc1ccccc1. The van der Waals surface area contributed by atoms with E-state index in [1.807, 2.05) is 30.3 Å². The number of nitrogens with zero attached hydrogens (tertiary/aromatic N) is 2. The summed E-state index contributed by atoms with van der Waals surface area (Å²) in [6, 6.07) is 15.8. The quantitative estimate of drug-likeness (QED) is 0.907. The highest BCUT2D eigenvalue weighted by Gasteiger charge is 2.22. The second-order valence-electron chi connectivity index (χ2n) is 4.93. The van der Waals surface area contributed by atoms with Crippen molar-refractivity contribution in [2.75, 3.05) is 0 Å². The number of guanidine groups is 1. The molecule has 1 heterocycles. The zero-order valence-electron chi connectivity index (χ0n) is 12.1. The average Bonchev–Trinajstić information content (AvgIpc) is 2.88. The molecule has 1 amide bonds. The molecule has 0 unspecified atom stereocenters. The van der Waals surface area contributed by atoms with Crippen LogP contribution in [0.1, 0.15) is 15.9 Å². The number of carboxylic acids is 1. The molecule has 0 atom stereocenters. The average molecular weight is 307 g/mol. The lowest BCUT2D eigenvalue weighted by atomic mass is 10.1. The molecule has 2 N–H and O–H groups in total. The minimum atomic E-state index is -1.08. The normalized spacial score (nSPS) is 15.4. The fraction of sp³-hybridized carbons (Fsp3) is 0.0588. The minimum absolute atomic E-state index is 0.0564. The molecule has 23 heavy (non-hydrogen) atoms. The number of carboxylic acid groups (broad SMARTS) is 1. The van der Waals surface area contributed by atoms with Gasteiger partial charge < -0.3 is 5.11 Å². The summed E-state index contributed by atoms with van der Waals surface area (Å²) >= 11 is 0. The Bertz CT molecular complexity index is 826. The molecule has 0 aliphatic carbocycles. The highest BCUT2D eigenvalue weighted by atomic mass is 16.4. The predicted octanol–water partition coefficient (Wildman–Crippen LogP) is 2.19. The number of aromatic carboxylic acids is 1. The van der Waals surface area contributed by atoms with Crippen LogP contribution in [0.25, 0.3) is 0 Å². The number of hydrogen-bond acceptors (Lipinski definition) is 3. The first-order valence-electron chi connectivity index (χ1n) is 6.97. The van der Waals surface area contributed by atoms with E-state index in [1.54, 1.807) is 18.2 Å². The number of amides is 1. The van der Waals surface area contributed by atoms with E-state index < -0.39 is 5.97 Å². The van der Waals surface area contributed by atoms with Crippen LogP contribution in [0.15, 0.2) is 64.6 Å². The van der Waals surface area contributed by atoms with Crippen LogP contribution in [-0.2, 0) is 11.2 Å². The van der Waals surface area contributed by atoms with Crippen molar-refractivity contribution in [2.45, 2.75) is 6.42 Å². The van der Waals surface area contributed by atoms with Gasteiger partial charge in [0.15, 0.2) is 0 Å². The molecule has 3 rings (SSSR count). The Kier molecular flexibility index (Phi) is 3.97. The van der Waals surface area contributed by atoms with E-state index in [-0.39, 0.29) is 23.1 Å². The molecule has 0 spiro atoms. The number of rotatable bonds is 4. The molecule has 6 nitrogen and oxygen atoms in total. The number of benzene rings is 2. The van der Waals surface area contributed by atoms with E-state index in [0.29, 0.717) is 12.1 Å². The van der Waals surface area contributed by atoms with Crippen molar-refractivity contribution in [3.05, 3.63) is 65.7 Å². The van der Waals surface area contributed by atoms with E-state index in [9.17, 15) is 9.59 Å². The molecule has 0 aromatic heterocycles. The molecule has 0 saturated carbocycles. The van der Waals surface area contributed by atoms with Crippen LogP contribution in [0, 0.1) is 0 Å². The second kappa shape index (κ2) is 6.23. The molecule has 6 heteroatoms. The van der Waals surface area contributed by atoms with E-state index in [2.05, 4.69) is 15.3 Å². The molecule has 0 bridgehead atoms. The molecule has 0 saturated heterocycles. The number of nitrogens with one attached hydrogen (secondary N) is 1. The van der Waals surface area contributed by atoms with Gasteiger partial charge in [-0.05, 0) is 17.7 Å². The number of hydrogen-bond donors (Lipinski definition) is 2. The van der Waals surface area contributed by atoms with Crippen LogP contribution in [0.4, 0.5) is 5.69 Å². The molecule has 1 aliphatic heterocycles. The maximum absolute atomic E-state index is 12.0. The summed E-state index contributed by atoms with van der Waals surface area (Å²) in [5.41, 5.74) is 1.62. The minimum Gasteiger partial charge on any atom is -0.478 e. The van der Waals surface area contributed by atoms with E-state index >= 15 is 0 Å². The molecular weight excluding hydrogens is 294 g/mol. The first-order chi connectivity index (χ1) is 11.1. The summed E-state index contributed by atoms with van der Waals surface area (Å²) < 4.78 is 0. The molecule has 2 aromatic carbocycles. The van der Waals surface area contributed by atoms with Gasteiger partial charge in [-0.25, -0.2) is 14.8 Å². The predicted molar refractivity (Wildman–Crippen MR) is 86.2 cm³/mol. The molecular formula is C17H13N3O3. The number of aliphatic imine (C=N–C) groups is 2. The van der Waals surface area contributed by atoms with Crippen LogP contribution in [0.5, 0.6) is 0 Å². The van der Waals surface area contributed by atoms with Crippen molar-refractivity contribution in [1.82, 2.24) is 5.32 Å². The lowest BCUT2D eigenvalue weighted by Gasteiger charge is -2.00. The smallest absolute Gasteiger partial charge is 0.337 e. The van der Waals surface area contributed by atoms with Crippen LogP contribution in [-0.4, -0.2) is 28.7 Å². The zero-order chi connectivity index (χ0) is 16.2. The van der Waals surface area contributed by atoms with Crippen molar-refractivity contribution >= 4 is 29.2 Å². The molecule has 2 aromatic rings. The van der Waals surface area contributed by atoms with Crippen LogP contribution in [0.2, 0.25) is 0 Å². The van der Waals surface area contributed by atoms with E-state index in [4.69, 9.17) is 5.11 Å². The van der Waals surface area contributed by atoms with Gasteiger partial charge >= 0.3 is 5.97 Å². The first kappa shape index (κ1) is 14.6. The van der Waals surface area contributed by atoms with E-state index in [1.165, 1.54) is 6.07 Å². The third-order valence-electron chi connectivity index (χ3n) is 3.30.